The van der Waals surface area contributed by atoms with E-state index in [2.05, 4.69) is 10.3 Å². The van der Waals surface area contributed by atoms with E-state index in [1.54, 1.807) is 55.6 Å². The largest absolute Gasteiger partial charge is 0.497 e. The van der Waals surface area contributed by atoms with Gasteiger partial charge >= 0.3 is 0 Å². The van der Waals surface area contributed by atoms with Crippen LogP contribution in [0.25, 0.3) is 11.5 Å². The molecule has 1 aromatic heterocycles. The molecule has 7 heteroatoms. The van der Waals surface area contributed by atoms with Gasteiger partial charge in [0.2, 0.25) is 26.6 Å². The monoisotopic (exact) mass is 448 g/mol. The molecule has 3 aromatic carbocycles. The lowest BCUT2D eigenvalue weighted by Gasteiger charge is -2.07. The second kappa shape index (κ2) is 8.88. The molecule has 32 heavy (non-hydrogen) atoms. The van der Waals surface area contributed by atoms with Crippen LogP contribution in [0.5, 0.6) is 5.75 Å². The second-order valence-electron chi connectivity index (χ2n) is 7.54. The Morgan fingerprint density at radius 3 is 2.06 bits per heavy atom. The van der Waals surface area contributed by atoms with Crippen molar-refractivity contribution in [2.45, 2.75) is 30.3 Å². The van der Waals surface area contributed by atoms with E-state index in [1.807, 2.05) is 38.1 Å². The highest BCUT2D eigenvalue weighted by Gasteiger charge is 2.28. The molecule has 164 valence electrons. The Labute approximate surface area is 187 Å². The smallest absolute Gasteiger partial charge is 0.234 e. The van der Waals surface area contributed by atoms with Gasteiger partial charge in [-0.05, 0) is 55.8 Å². The van der Waals surface area contributed by atoms with Crippen molar-refractivity contribution in [3.63, 3.8) is 0 Å². The molecule has 0 aliphatic carbocycles. The lowest BCUT2D eigenvalue weighted by Crippen LogP contribution is -2.07. The third-order valence-electron chi connectivity index (χ3n) is 5.09. The van der Waals surface area contributed by atoms with Crippen molar-refractivity contribution in [3.8, 4) is 17.2 Å². The molecular formula is C25H24N2O4S. The summed E-state index contributed by atoms with van der Waals surface area (Å²) in [6.07, 6.45) is 0. The average molecular weight is 449 g/mol. The van der Waals surface area contributed by atoms with Crippen LogP contribution in [0.1, 0.15) is 16.7 Å². The highest BCUT2D eigenvalue weighted by atomic mass is 32.2. The molecule has 4 aromatic rings. The molecule has 4 rings (SSSR count). The highest BCUT2D eigenvalue weighted by Crippen LogP contribution is 2.33. The van der Waals surface area contributed by atoms with Gasteiger partial charge in [0.05, 0.1) is 12.0 Å². The maximum atomic E-state index is 13.4. The van der Waals surface area contributed by atoms with Gasteiger partial charge in [0, 0.05) is 12.1 Å². The van der Waals surface area contributed by atoms with Crippen molar-refractivity contribution in [1.29, 1.82) is 0 Å². The van der Waals surface area contributed by atoms with E-state index in [4.69, 9.17) is 9.15 Å². The van der Waals surface area contributed by atoms with Gasteiger partial charge < -0.3 is 14.5 Å². The van der Waals surface area contributed by atoms with Crippen molar-refractivity contribution < 1.29 is 17.6 Å². The Kier molecular flexibility index (Phi) is 6.01. The van der Waals surface area contributed by atoms with Crippen molar-refractivity contribution in [3.05, 3.63) is 89.5 Å². The van der Waals surface area contributed by atoms with Crippen LogP contribution in [-0.4, -0.2) is 20.5 Å². The number of benzene rings is 3. The second-order valence-corrected chi connectivity index (χ2v) is 9.40. The molecule has 0 bridgehead atoms. The number of hydrogen-bond acceptors (Lipinski definition) is 6. The minimum atomic E-state index is -3.89. The van der Waals surface area contributed by atoms with Crippen LogP contribution in [0.15, 0.2) is 87.1 Å². The number of rotatable bonds is 7. The summed E-state index contributed by atoms with van der Waals surface area (Å²) in [5.41, 5.74) is 3.77. The first-order chi connectivity index (χ1) is 15.4. The average Bonchev–Trinajstić information content (AvgIpc) is 3.24. The molecule has 0 fully saturated rings. The van der Waals surface area contributed by atoms with E-state index in [1.165, 1.54) is 0 Å². The first-order valence-corrected chi connectivity index (χ1v) is 11.6. The van der Waals surface area contributed by atoms with Gasteiger partial charge in [0.15, 0.2) is 0 Å². The Morgan fingerprint density at radius 2 is 1.47 bits per heavy atom. The first kappa shape index (κ1) is 21.6. The Balaban J connectivity index is 1.74. The number of nitrogens with one attached hydrogen (secondary N) is 1. The summed E-state index contributed by atoms with van der Waals surface area (Å²) >= 11 is 0. The molecule has 1 N–H and O–H groups in total. The van der Waals surface area contributed by atoms with Gasteiger partial charge in [0.1, 0.15) is 5.75 Å². The normalized spacial score (nSPS) is 11.3. The van der Waals surface area contributed by atoms with Crippen LogP contribution < -0.4 is 10.1 Å². The van der Waals surface area contributed by atoms with E-state index in [9.17, 15) is 8.42 Å². The number of nitrogens with zero attached hydrogens (tertiary/aromatic N) is 1. The molecule has 1 heterocycles. The number of sulfone groups is 1. The Bertz CT molecular complexity index is 1310. The third-order valence-corrected chi connectivity index (χ3v) is 6.77. The van der Waals surface area contributed by atoms with Gasteiger partial charge in [-0.1, -0.05) is 47.5 Å². The number of anilines is 1. The van der Waals surface area contributed by atoms with Crippen LogP contribution in [0.4, 0.5) is 5.88 Å². The predicted molar refractivity (Wildman–Crippen MR) is 124 cm³/mol. The van der Waals surface area contributed by atoms with Crippen LogP contribution in [-0.2, 0) is 16.4 Å². The lowest BCUT2D eigenvalue weighted by atomic mass is 10.1. The molecule has 0 unspecified atom stereocenters. The van der Waals surface area contributed by atoms with Crippen LogP contribution in [0.3, 0.4) is 0 Å². The van der Waals surface area contributed by atoms with Crippen molar-refractivity contribution in [2.24, 2.45) is 0 Å². The van der Waals surface area contributed by atoms with Crippen molar-refractivity contribution in [1.82, 2.24) is 4.98 Å². The Morgan fingerprint density at radius 1 is 0.875 bits per heavy atom. The van der Waals surface area contributed by atoms with Crippen molar-refractivity contribution >= 4 is 15.7 Å². The van der Waals surface area contributed by atoms with Gasteiger partial charge in [-0.15, -0.1) is 0 Å². The summed E-state index contributed by atoms with van der Waals surface area (Å²) in [4.78, 5) is 4.54. The van der Waals surface area contributed by atoms with E-state index < -0.39 is 9.84 Å². The summed E-state index contributed by atoms with van der Waals surface area (Å²) in [7, 11) is -2.31. The van der Waals surface area contributed by atoms with Crippen LogP contribution in [0.2, 0.25) is 0 Å². The first-order valence-electron chi connectivity index (χ1n) is 10.1. The lowest BCUT2D eigenvalue weighted by molar-refractivity contribution is 0.415. The number of ether oxygens (including phenoxy) is 1. The fraction of sp³-hybridized carbons (Fsp3) is 0.160. The number of aromatic nitrogens is 1. The summed E-state index contributed by atoms with van der Waals surface area (Å²) in [6, 6.07) is 21.7. The zero-order valence-electron chi connectivity index (χ0n) is 18.1. The molecular weight excluding hydrogens is 424 g/mol. The summed E-state index contributed by atoms with van der Waals surface area (Å²) in [5.74, 6) is 1.01. The number of methoxy groups -OCH3 is 1. The molecule has 0 aliphatic heterocycles. The standard InChI is InChI=1S/C25H24N2O4S/c1-17-4-8-19(9-5-17)16-26-24-25(32(28,29)22-14-6-18(2)7-15-22)27-23(31-24)20-10-12-21(30-3)13-11-20/h4-15,26H,16H2,1-3H3. The maximum Gasteiger partial charge on any atom is 0.234 e. The molecule has 0 spiro atoms. The SMILES string of the molecule is COc1ccc(-c2nc(S(=O)(=O)c3ccc(C)cc3)c(NCc3ccc(C)cc3)o2)cc1. The zero-order valence-corrected chi connectivity index (χ0v) is 18.9. The van der Waals surface area contributed by atoms with Gasteiger partial charge in [-0.2, -0.15) is 4.98 Å². The van der Waals surface area contributed by atoms with Crippen molar-refractivity contribution in [2.75, 3.05) is 12.4 Å². The quantitative estimate of drug-likeness (QED) is 0.407. The number of oxazole rings is 1. The van der Waals surface area contributed by atoms with Gasteiger partial charge in [-0.3, -0.25) is 0 Å². The Hall–Kier alpha value is -3.58. The molecule has 0 amide bonds. The van der Waals surface area contributed by atoms with Crippen LogP contribution >= 0.6 is 0 Å². The number of hydrogen-bond donors (Lipinski definition) is 1. The third kappa shape index (κ3) is 4.53. The molecule has 0 atom stereocenters. The molecule has 0 saturated carbocycles. The topological polar surface area (TPSA) is 81.4 Å². The van der Waals surface area contributed by atoms with Gasteiger partial charge in [0.25, 0.3) is 0 Å². The minimum Gasteiger partial charge on any atom is -0.497 e. The summed E-state index contributed by atoms with van der Waals surface area (Å²) in [6.45, 7) is 4.32. The van der Waals surface area contributed by atoms with Crippen LogP contribution in [0, 0.1) is 13.8 Å². The summed E-state index contributed by atoms with van der Waals surface area (Å²) < 4.78 is 37.9. The molecule has 6 nitrogen and oxygen atoms in total. The highest BCUT2D eigenvalue weighted by molar-refractivity contribution is 7.91. The van der Waals surface area contributed by atoms with E-state index in [0.29, 0.717) is 17.9 Å². The van der Waals surface area contributed by atoms with E-state index >= 15 is 0 Å². The zero-order chi connectivity index (χ0) is 22.7. The van der Waals surface area contributed by atoms with Gasteiger partial charge in [-0.25, -0.2) is 8.42 Å². The fourth-order valence-corrected chi connectivity index (χ4v) is 4.45. The maximum absolute atomic E-state index is 13.4. The van der Waals surface area contributed by atoms with E-state index in [-0.39, 0.29) is 21.7 Å². The number of aryl methyl sites for hydroxylation is 2. The summed E-state index contributed by atoms with van der Waals surface area (Å²) in [5, 5.41) is 2.98. The predicted octanol–water partition coefficient (Wildman–Crippen LogP) is 5.41. The molecule has 0 aliphatic rings. The van der Waals surface area contributed by atoms with E-state index in [0.717, 1.165) is 16.7 Å². The fourth-order valence-electron chi connectivity index (χ4n) is 3.17. The minimum absolute atomic E-state index is 0.108. The molecule has 0 radical (unpaired) electrons. The molecule has 0 saturated heterocycles.